The van der Waals surface area contributed by atoms with Crippen LogP contribution in [0.25, 0.3) is 22.0 Å². The molecule has 3 rings (SSSR count). The zero-order valence-corrected chi connectivity index (χ0v) is 12.6. The molecule has 0 aliphatic heterocycles. The quantitative estimate of drug-likeness (QED) is 0.662. The molecule has 0 saturated heterocycles. The molecule has 4 N–H and O–H groups in total. The Morgan fingerprint density at radius 1 is 1.10 bits per heavy atom. The second-order valence-corrected chi connectivity index (χ2v) is 5.56. The van der Waals surface area contributed by atoms with Crippen LogP contribution >= 0.6 is 15.9 Å². The number of hydrogen-bond donors (Lipinski definition) is 2. The molecule has 3 aromatic rings. The van der Waals surface area contributed by atoms with Gasteiger partial charge in [-0.3, -0.25) is 0 Å². The molecule has 0 atom stereocenters. The largest absolute Gasteiger partial charge is 0.399 e. The fraction of sp³-hybridized carbons (Fsp3) is 0. The molecule has 1 heterocycles. The summed E-state index contributed by atoms with van der Waals surface area (Å²) >= 11 is 3.45. The lowest BCUT2D eigenvalue weighted by atomic mass is 9.96. The van der Waals surface area contributed by atoms with Gasteiger partial charge in [-0.05, 0) is 35.9 Å². The van der Waals surface area contributed by atoms with Crippen molar-refractivity contribution in [3.05, 3.63) is 52.5 Å². The lowest BCUT2D eigenvalue weighted by Crippen LogP contribution is -2.00. The standard InChI is InChI=1S/C16H11BrN4/c17-10-3-1-2-9(6-10)15-12-7-11(19)4-5-14(12)21-16(20)13(15)8-18/h1-7H,19H2,(H2,20,21). The summed E-state index contributed by atoms with van der Waals surface area (Å²) in [6.45, 7) is 0. The van der Waals surface area contributed by atoms with Crippen molar-refractivity contribution in [2.75, 3.05) is 11.5 Å². The van der Waals surface area contributed by atoms with E-state index in [-0.39, 0.29) is 5.82 Å². The number of nitrogens with zero attached hydrogens (tertiary/aromatic N) is 2. The van der Waals surface area contributed by atoms with Crippen LogP contribution in [0.2, 0.25) is 0 Å². The van der Waals surface area contributed by atoms with Crippen LogP contribution < -0.4 is 11.5 Å². The molecular formula is C16H11BrN4. The highest BCUT2D eigenvalue weighted by Gasteiger charge is 2.15. The number of pyridine rings is 1. The third kappa shape index (κ3) is 2.30. The Bertz CT molecular complexity index is 897. The normalized spacial score (nSPS) is 10.5. The molecule has 0 amide bonds. The number of fused-ring (bicyclic) bond motifs is 1. The van der Waals surface area contributed by atoms with E-state index in [2.05, 4.69) is 27.0 Å². The number of aromatic nitrogens is 1. The van der Waals surface area contributed by atoms with E-state index in [1.54, 1.807) is 6.07 Å². The van der Waals surface area contributed by atoms with Gasteiger partial charge in [-0.25, -0.2) is 4.98 Å². The summed E-state index contributed by atoms with van der Waals surface area (Å²) in [7, 11) is 0. The van der Waals surface area contributed by atoms with Gasteiger partial charge in [-0.2, -0.15) is 5.26 Å². The minimum Gasteiger partial charge on any atom is -0.399 e. The van der Waals surface area contributed by atoms with Crippen LogP contribution in [-0.2, 0) is 0 Å². The second-order valence-electron chi connectivity index (χ2n) is 4.65. The van der Waals surface area contributed by atoms with Crippen LogP contribution in [-0.4, -0.2) is 4.98 Å². The van der Waals surface area contributed by atoms with Crippen LogP contribution in [0.1, 0.15) is 5.56 Å². The summed E-state index contributed by atoms with van der Waals surface area (Å²) in [5, 5.41) is 10.3. The van der Waals surface area contributed by atoms with Crippen LogP contribution in [0.15, 0.2) is 46.9 Å². The van der Waals surface area contributed by atoms with Gasteiger partial charge in [0.2, 0.25) is 0 Å². The molecule has 0 aliphatic carbocycles. The van der Waals surface area contributed by atoms with E-state index in [4.69, 9.17) is 11.5 Å². The lowest BCUT2D eigenvalue weighted by Gasteiger charge is -2.12. The molecular weight excluding hydrogens is 328 g/mol. The second kappa shape index (κ2) is 5.08. The van der Waals surface area contributed by atoms with Gasteiger partial charge < -0.3 is 11.5 Å². The number of rotatable bonds is 1. The van der Waals surface area contributed by atoms with Gasteiger partial charge in [0.1, 0.15) is 17.5 Å². The maximum Gasteiger partial charge on any atom is 0.142 e. The van der Waals surface area contributed by atoms with Crippen molar-refractivity contribution >= 4 is 38.3 Å². The Balaban J connectivity index is 2.48. The highest BCUT2D eigenvalue weighted by molar-refractivity contribution is 9.10. The van der Waals surface area contributed by atoms with Gasteiger partial charge in [0, 0.05) is 21.1 Å². The molecule has 0 aliphatic rings. The molecule has 0 spiro atoms. The molecule has 0 radical (unpaired) electrons. The molecule has 0 fully saturated rings. The Kier molecular flexibility index (Phi) is 3.24. The van der Waals surface area contributed by atoms with Crippen molar-refractivity contribution in [3.63, 3.8) is 0 Å². The third-order valence-electron chi connectivity index (χ3n) is 3.26. The summed E-state index contributed by atoms with van der Waals surface area (Å²) in [6, 6.07) is 15.3. The molecule has 1 aromatic heterocycles. The van der Waals surface area contributed by atoms with Gasteiger partial charge in [-0.15, -0.1) is 0 Å². The Labute approximate surface area is 130 Å². The maximum atomic E-state index is 9.45. The first-order valence-corrected chi connectivity index (χ1v) is 7.04. The SMILES string of the molecule is N#Cc1c(N)nc2ccc(N)cc2c1-c1cccc(Br)c1. The monoisotopic (exact) mass is 338 g/mol. The van der Waals surface area contributed by atoms with Gasteiger partial charge >= 0.3 is 0 Å². The van der Waals surface area contributed by atoms with E-state index in [1.165, 1.54) is 0 Å². The van der Waals surface area contributed by atoms with E-state index in [1.807, 2.05) is 36.4 Å². The summed E-state index contributed by atoms with van der Waals surface area (Å²) in [5.74, 6) is 0.227. The number of halogens is 1. The van der Waals surface area contributed by atoms with Gasteiger partial charge in [-0.1, -0.05) is 28.1 Å². The van der Waals surface area contributed by atoms with Crippen molar-refractivity contribution in [1.82, 2.24) is 4.98 Å². The molecule has 2 aromatic carbocycles. The number of nitrogen functional groups attached to an aromatic ring is 2. The van der Waals surface area contributed by atoms with Crippen LogP contribution in [0.4, 0.5) is 11.5 Å². The average Bonchev–Trinajstić information content (AvgIpc) is 2.46. The van der Waals surface area contributed by atoms with Crippen LogP contribution in [0.3, 0.4) is 0 Å². The minimum absolute atomic E-state index is 0.227. The first kappa shape index (κ1) is 13.4. The number of nitrogens with two attached hydrogens (primary N) is 2. The molecule has 21 heavy (non-hydrogen) atoms. The smallest absolute Gasteiger partial charge is 0.142 e. The van der Waals surface area contributed by atoms with E-state index >= 15 is 0 Å². The minimum atomic E-state index is 0.227. The zero-order chi connectivity index (χ0) is 15.0. The number of anilines is 2. The first-order valence-electron chi connectivity index (χ1n) is 6.25. The van der Waals surface area contributed by atoms with Crippen LogP contribution in [0, 0.1) is 11.3 Å². The zero-order valence-electron chi connectivity index (χ0n) is 11.0. The Morgan fingerprint density at radius 3 is 2.62 bits per heavy atom. The number of nitriles is 1. The molecule has 102 valence electrons. The predicted octanol–water partition coefficient (Wildman–Crippen LogP) is 3.70. The highest BCUT2D eigenvalue weighted by atomic mass is 79.9. The predicted molar refractivity (Wildman–Crippen MR) is 88.4 cm³/mol. The fourth-order valence-corrected chi connectivity index (χ4v) is 2.76. The molecule has 4 nitrogen and oxygen atoms in total. The average molecular weight is 339 g/mol. The number of benzene rings is 2. The van der Waals surface area contributed by atoms with Gasteiger partial charge in [0.25, 0.3) is 0 Å². The summed E-state index contributed by atoms with van der Waals surface area (Å²) in [5.41, 5.74) is 15.2. The molecule has 5 heteroatoms. The summed E-state index contributed by atoms with van der Waals surface area (Å²) < 4.78 is 0.927. The van der Waals surface area contributed by atoms with Crippen molar-refractivity contribution in [2.24, 2.45) is 0 Å². The lowest BCUT2D eigenvalue weighted by molar-refractivity contribution is 1.37. The van der Waals surface area contributed by atoms with E-state index < -0.39 is 0 Å². The van der Waals surface area contributed by atoms with Crippen molar-refractivity contribution in [3.8, 4) is 17.2 Å². The highest BCUT2D eigenvalue weighted by Crippen LogP contribution is 2.35. The third-order valence-corrected chi connectivity index (χ3v) is 3.76. The first-order chi connectivity index (χ1) is 10.1. The van der Waals surface area contributed by atoms with E-state index in [0.717, 1.165) is 26.5 Å². The molecule has 0 unspecified atom stereocenters. The van der Waals surface area contributed by atoms with Crippen molar-refractivity contribution in [1.29, 1.82) is 5.26 Å². The fourth-order valence-electron chi connectivity index (χ4n) is 2.36. The maximum absolute atomic E-state index is 9.45. The van der Waals surface area contributed by atoms with E-state index in [0.29, 0.717) is 11.3 Å². The molecule has 0 saturated carbocycles. The van der Waals surface area contributed by atoms with Crippen molar-refractivity contribution in [2.45, 2.75) is 0 Å². The summed E-state index contributed by atoms with van der Waals surface area (Å²) in [6.07, 6.45) is 0. The van der Waals surface area contributed by atoms with E-state index in [9.17, 15) is 5.26 Å². The Hall–Kier alpha value is -2.58. The Morgan fingerprint density at radius 2 is 1.90 bits per heavy atom. The molecule has 0 bridgehead atoms. The van der Waals surface area contributed by atoms with Gasteiger partial charge in [0.15, 0.2) is 0 Å². The van der Waals surface area contributed by atoms with Crippen molar-refractivity contribution < 1.29 is 0 Å². The summed E-state index contributed by atoms with van der Waals surface area (Å²) in [4.78, 5) is 4.28. The van der Waals surface area contributed by atoms with Gasteiger partial charge in [0.05, 0.1) is 5.52 Å². The number of hydrogen-bond acceptors (Lipinski definition) is 4. The van der Waals surface area contributed by atoms with Crippen LogP contribution in [0.5, 0.6) is 0 Å². The topological polar surface area (TPSA) is 88.7 Å².